The molecule has 27 heavy (non-hydrogen) atoms. The van der Waals surface area contributed by atoms with Gasteiger partial charge in [0.15, 0.2) is 0 Å². The number of aliphatic hydroxyl groups is 1. The highest BCUT2D eigenvalue weighted by atomic mass is 16.5. The minimum atomic E-state index is -0.392. The number of carbonyl (C=O) groups excluding carboxylic acids is 1. The number of benzene rings is 2. The van der Waals surface area contributed by atoms with E-state index in [4.69, 9.17) is 4.74 Å². The second kappa shape index (κ2) is 7.35. The molecule has 1 saturated carbocycles. The van der Waals surface area contributed by atoms with Crippen molar-refractivity contribution in [1.82, 2.24) is 4.90 Å². The molecule has 2 aromatic carbocycles. The highest BCUT2D eigenvalue weighted by Crippen LogP contribution is 2.33. The maximum Gasteiger partial charge on any atom is 0.254 e. The number of rotatable bonds is 4. The van der Waals surface area contributed by atoms with Crippen LogP contribution in [0.2, 0.25) is 0 Å². The molecule has 1 aliphatic carbocycles. The Morgan fingerprint density at radius 2 is 1.89 bits per heavy atom. The third-order valence-corrected chi connectivity index (χ3v) is 6.04. The quantitative estimate of drug-likeness (QED) is 0.895. The molecule has 142 valence electrons. The molecule has 1 aliphatic heterocycles. The van der Waals surface area contributed by atoms with Crippen LogP contribution in [0, 0.1) is 6.92 Å². The number of amides is 1. The Balaban J connectivity index is 1.57. The molecule has 1 amide bonds. The van der Waals surface area contributed by atoms with Crippen LogP contribution in [0.1, 0.15) is 58.3 Å². The van der Waals surface area contributed by atoms with Crippen molar-refractivity contribution in [3.05, 3.63) is 64.2 Å². The van der Waals surface area contributed by atoms with Crippen LogP contribution in [0.15, 0.2) is 36.4 Å². The first-order chi connectivity index (χ1) is 13.1. The van der Waals surface area contributed by atoms with Gasteiger partial charge in [0.05, 0.1) is 19.3 Å². The molecule has 4 nitrogen and oxygen atoms in total. The summed E-state index contributed by atoms with van der Waals surface area (Å²) >= 11 is 0. The van der Waals surface area contributed by atoms with Gasteiger partial charge in [0.1, 0.15) is 5.75 Å². The van der Waals surface area contributed by atoms with Crippen LogP contribution in [-0.4, -0.2) is 35.2 Å². The van der Waals surface area contributed by atoms with E-state index in [9.17, 15) is 9.90 Å². The normalized spacial score (nSPS) is 22.0. The molecule has 4 heteroatoms. The lowest BCUT2D eigenvalue weighted by Crippen LogP contribution is -2.45. The second-order valence-corrected chi connectivity index (χ2v) is 7.81. The molecule has 2 aromatic rings. The average molecular weight is 365 g/mol. The van der Waals surface area contributed by atoms with Gasteiger partial charge in [0.25, 0.3) is 5.91 Å². The third kappa shape index (κ3) is 3.46. The Morgan fingerprint density at radius 1 is 1.15 bits per heavy atom. The number of carbonyl (C=O) groups is 1. The van der Waals surface area contributed by atoms with Gasteiger partial charge in [-0.2, -0.15) is 0 Å². The summed E-state index contributed by atoms with van der Waals surface area (Å²) in [4.78, 5) is 14.9. The Labute approximate surface area is 160 Å². The summed E-state index contributed by atoms with van der Waals surface area (Å²) in [5.74, 6) is 0.924. The van der Waals surface area contributed by atoms with Gasteiger partial charge in [-0.05, 0) is 66.6 Å². The lowest BCUT2D eigenvalue weighted by molar-refractivity contribution is 0.0191. The van der Waals surface area contributed by atoms with E-state index >= 15 is 0 Å². The molecule has 0 spiro atoms. The van der Waals surface area contributed by atoms with E-state index < -0.39 is 6.10 Å². The summed E-state index contributed by atoms with van der Waals surface area (Å²) in [6.07, 6.45) is 4.24. The van der Waals surface area contributed by atoms with Gasteiger partial charge in [0.2, 0.25) is 0 Å². The first-order valence-electron chi connectivity index (χ1n) is 9.81. The molecule has 2 unspecified atom stereocenters. The molecular weight excluding hydrogens is 338 g/mol. The van der Waals surface area contributed by atoms with Crippen molar-refractivity contribution in [1.29, 1.82) is 0 Å². The summed E-state index contributed by atoms with van der Waals surface area (Å²) in [5, 5.41) is 10.4. The lowest BCUT2D eigenvalue weighted by atomic mass is 9.91. The summed E-state index contributed by atoms with van der Waals surface area (Å²) in [7, 11) is 1.67. The van der Waals surface area contributed by atoms with Gasteiger partial charge < -0.3 is 14.7 Å². The van der Waals surface area contributed by atoms with E-state index in [-0.39, 0.29) is 11.9 Å². The van der Waals surface area contributed by atoms with Gasteiger partial charge >= 0.3 is 0 Å². The summed E-state index contributed by atoms with van der Waals surface area (Å²) in [6, 6.07) is 12.2. The Bertz CT molecular complexity index is 843. The van der Waals surface area contributed by atoms with E-state index in [1.165, 1.54) is 16.7 Å². The van der Waals surface area contributed by atoms with Gasteiger partial charge in [-0.25, -0.2) is 0 Å². The zero-order chi connectivity index (χ0) is 19.0. The number of hydrogen-bond donors (Lipinski definition) is 1. The highest BCUT2D eigenvalue weighted by Gasteiger charge is 2.37. The van der Waals surface area contributed by atoms with Gasteiger partial charge in [-0.1, -0.05) is 31.0 Å². The summed E-state index contributed by atoms with van der Waals surface area (Å²) in [5.41, 5.74) is 5.49. The van der Waals surface area contributed by atoms with Crippen LogP contribution >= 0.6 is 0 Å². The third-order valence-electron chi connectivity index (χ3n) is 6.04. The fourth-order valence-corrected chi connectivity index (χ4v) is 4.43. The van der Waals surface area contributed by atoms with Crippen LogP contribution in [0.3, 0.4) is 0 Å². The monoisotopic (exact) mass is 365 g/mol. The number of fused-ring (bicyclic) bond motifs is 1. The molecule has 0 bridgehead atoms. The minimum Gasteiger partial charge on any atom is -0.497 e. The first kappa shape index (κ1) is 18.1. The first-order valence-corrected chi connectivity index (χ1v) is 9.81. The smallest absolute Gasteiger partial charge is 0.254 e. The standard InChI is InChI=1S/C23H27NO3/c1-15-11-18-14-24(21-5-3-4-6-22(21)25)23(26)20(18)13-17(15)12-16-7-9-19(27-2)10-8-16/h7-11,13,21-22,25H,3-6,12,14H2,1-2H3. The molecule has 2 aliphatic rings. The predicted molar refractivity (Wildman–Crippen MR) is 105 cm³/mol. The zero-order valence-electron chi connectivity index (χ0n) is 16.1. The number of methoxy groups -OCH3 is 1. The topological polar surface area (TPSA) is 49.8 Å². The highest BCUT2D eigenvalue weighted by molar-refractivity contribution is 5.99. The molecule has 2 atom stereocenters. The maximum absolute atomic E-state index is 13.0. The molecule has 0 aromatic heterocycles. The molecule has 1 heterocycles. The largest absolute Gasteiger partial charge is 0.497 e. The second-order valence-electron chi connectivity index (χ2n) is 7.81. The Kier molecular flexibility index (Phi) is 4.92. The van der Waals surface area contributed by atoms with E-state index in [2.05, 4.69) is 31.2 Å². The molecule has 0 radical (unpaired) electrons. The maximum atomic E-state index is 13.0. The van der Waals surface area contributed by atoms with Gasteiger partial charge in [0, 0.05) is 12.1 Å². The van der Waals surface area contributed by atoms with Crippen LogP contribution < -0.4 is 4.74 Å². The van der Waals surface area contributed by atoms with Crippen LogP contribution in [0.25, 0.3) is 0 Å². The lowest BCUT2D eigenvalue weighted by Gasteiger charge is -2.35. The minimum absolute atomic E-state index is 0.0380. The van der Waals surface area contributed by atoms with Crippen LogP contribution in [-0.2, 0) is 13.0 Å². The molecule has 4 rings (SSSR count). The Morgan fingerprint density at radius 3 is 2.59 bits per heavy atom. The van der Waals surface area contributed by atoms with Crippen molar-refractivity contribution in [3.63, 3.8) is 0 Å². The average Bonchev–Trinajstić information content (AvgIpc) is 2.98. The predicted octanol–water partition coefficient (Wildman–Crippen LogP) is 3.85. The number of aryl methyl sites for hydroxylation is 1. The zero-order valence-corrected chi connectivity index (χ0v) is 16.1. The molecular formula is C23H27NO3. The number of nitrogens with zero attached hydrogens (tertiary/aromatic N) is 1. The van der Waals surface area contributed by atoms with Crippen LogP contribution in [0.4, 0.5) is 0 Å². The van der Waals surface area contributed by atoms with E-state index in [1.807, 2.05) is 17.0 Å². The van der Waals surface area contributed by atoms with Crippen molar-refractivity contribution >= 4 is 5.91 Å². The fraction of sp³-hybridized carbons (Fsp3) is 0.435. The van der Waals surface area contributed by atoms with E-state index in [0.717, 1.165) is 49.0 Å². The summed E-state index contributed by atoms with van der Waals surface area (Å²) < 4.78 is 5.23. The van der Waals surface area contributed by atoms with Crippen molar-refractivity contribution in [2.45, 2.75) is 57.7 Å². The molecule has 1 N–H and O–H groups in total. The van der Waals surface area contributed by atoms with Gasteiger partial charge in [-0.15, -0.1) is 0 Å². The number of aliphatic hydroxyl groups excluding tert-OH is 1. The van der Waals surface area contributed by atoms with Crippen molar-refractivity contribution in [2.24, 2.45) is 0 Å². The number of ether oxygens (including phenoxy) is 1. The fourth-order valence-electron chi connectivity index (χ4n) is 4.43. The SMILES string of the molecule is COc1ccc(Cc2cc3c(cc2C)CN(C2CCCCC2O)C3=O)cc1. The number of hydrogen-bond acceptors (Lipinski definition) is 3. The Hall–Kier alpha value is -2.33. The van der Waals surface area contributed by atoms with Gasteiger partial charge in [-0.3, -0.25) is 4.79 Å². The summed E-state index contributed by atoms with van der Waals surface area (Å²) in [6.45, 7) is 2.74. The van der Waals surface area contributed by atoms with E-state index in [0.29, 0.717) is 6.54 Å². The molecule has 0 saturated heterocycles. The molecule has 1 fully saturated rings. The van der Waals surface area contributed by atoms with Crippen LogP contribution in [0.5, 0.6) is 5.75 Å². The van der Waals surface area contributed by atoms with Crippen molar-refractivity contribution in [3.8, 4) is 5.75 Å². The van der Waals surface area contributed by atoms with Crippen molar-refractivity contribution < 1.29 is 14.6 Å². The van der Waals surface area contributed by atoms with E-state index in [1.54, 1.807) is 7.11 Å². The van der Waals surface area contributed by atoms with Crippen molar-refractivity contribution in [2.75, 3.05) is 7.11 Å².